The molecule has 78 valence electrons. The predicted octanol–water partition coefficient (Wildman–Crippen LogP) is 1.55. The molecule has 0 aliphatic rings. The summed E-state index contributed by atoms with van der Waals surface area (Å²) in [6, 6.07) is 0. The van der Waals surface area contributed by atoms with Gasteiger partial charge in [-0.2, -0.15) is 0 Å². The fraction of sp³-hybridized carbons (Fsp3) is 0.889. The SMILES string of the molecule is CC(C)(C)OC(=O)[AsH]CCCCO. The van der Waals surface area contributed by atoms with Crippen molar-refractivity contribution in [1.82, 2.24) is 0 Å². The molecule has 1 unspecified atom stereocenters. The van der Waals surface area contributed by atoms with E-state index in [0.717, 1.165) is 18.1 Å². The van der Waals surface area contributed by atoms with Crippen molar-refractivity contribution in [3.63, 3.8) is 0 Å². The van der Waals surface area contributed by atoms with Gasteiger partial charge in [-0.1, -0.05) is 0 Å². The average Bonchev–Trinajstić information content (AvgIpc) is 1.94. The number of aliphatic hydroxyl groups is 1. The Morgan fingerprint density at radius 1 is 1.38 bits per heavy atom. The van der Waals surface area contributed by atoms with Gasteiger partial charge in [-0.05, 0) is 0 Å². The van der Waals surface area contributed by atoms with E-state index in [-0.39, 0.29) is 17.0 Å². The van der Waals surface area contributed by atoms with Gasteiger partial charge in [0.2, 0.25) is 0 Å². The maximum absolute atomic E-state index is 11.2. The molecule has 13 heavy (non-hydrogen) atoms. The number of carbonyl (C=O) groups is 1. The summed E-state index contributed by atoms with van der Waals surface area (Å²) in [5.74, 6) is 0. The van der Waals surface area contributed by atoms with Crippen molar-refractivity contribution in [1.29, 1.82) is 0 Å². The zero-order chi connectivity index (χ0) is 10.3. The van der Waals surface area contributed by atoms with Crippen LogP contribution in [0.3, 0.4) is 0 Å². The van der Waals surface area contributed by atoms with Crippen LogP contribution in [0.25, 0.3) is 0 Å². The second-order valence-corrected chi connectivity index (χ2v) is 6.51. The standard InChI is InChI=1S/C9H19AsO3/c1-9(2,3)13-8(12)10-6-4-5-7-11/h10-11H,4-7H2,1-3H3. The van der Waals surface area contributed by atoms with Gasteiger partial charge in [-0.25, -0.2) is 0 Å². The molecular weight excluding hydrogens is 231 g/mol. The van der Waals surface area contributed by atoms with Gasteiger partial charge in [-0.3, -0.25) is 0 Å². The van der Waals surface area contributed by atoms with Crippen LogP contribution in [-0.4, -0.2) is 37.8 Å². The Morgan fingerprint density at radius 2 is 2.00 bits per heavy atom. The van der Waals surface area contributed by atoms with Crippen LogP contribution in [-0.2, 0) is 4.74 Å². The number of aliphatic hydroxyl groups excluding tert-OH is 1. The van der Waals surface area contributed by atoms with Crippen molar-refractivity contribution in [3.05, 3.63) is 0 Å². The summed E-state index contributed by atoms with van der Waals surface area (Å²) in [6.07, 6.45) is 1.74. The summed E-state index contributed by atoms with van der Waals surface area (Å²) in [5.41, 5.74) is -0.350. The molecule has 0 aromatic rings. The van der Waals surface area contributed by atoms with E-state index >= 15 is 0 Å². The molecule has 1 atom stereocenters. The monoisotopic (exact) mass is 250 g/mol. The summed E-state index contributed by atoms with van der Waals surface area (Å²) >= 11 is -0.617. The minimum absolute atomic E-state index is 0.0227. The van der Waals surface area contributed by atoms with Gasteiger partial charge in [0.05, 0.1) is 0 Å². The van der Waals surface area contributed by atoms with Gasteiger partial charge in [0.25, 0.3) is 0 Å². The number of rotatable bonds is 5. The van der Waals surface area contributed by atoms with Gasteiger partial charge in [0, 0.05) is 0 Å². The topological polar surface area (TPSA) is 46.5 Å². The molecule has 0 saturated heterocycles. The van der Waals surface area contributed by atoms with E-state index in [4.69, 9.17) is 9.84 Å². The van der Waals surface area contributed by atoms with Crippen molar-refractivity contribution < 1.29 is 14.6 Å². The summed E-state index contributed by atoms with van der Waals surface area (Å²) < 4.78 is 5.15. The van der Waals surface area contributed by atoms with E-state index in [1.165, 1.54) is 0 Å². The molecule has 0 radical (unpaired) electrons. The number of carbonyl (C=O) groups excluding carboxylic acids is 1. The van der Waals surface area contributed by atoms with Crippen LogP contribution < -0.4 is 0 Å². The number of ether oxygens (including phenoxy) is 1. The van der Waals surface area contributed by atoms with E-state index in [0.29, 0.717) is 0 Å². The molecule has 0 amide bonds. The van der Waals surface area contributed by atoms with Crippen LogP contribution in [0, 0.1) is 0 Å². The van der Waals surface area contributed by atoms with Crippen LogP contribution in [0.5, 0.6) is 0 Å². The zero-order valence-corrected chi connectivity index (χ0v) is 10.7. The predicted molar refractivity (Wildman–Crippen MR) is 54.5 cm³/mol. The molecule has 0 spiro atoms. The number of hydrogen-bond acceptors (Lipinski definition) is 3. The Hall–Kier alpha value is -0.0116. The molecule has 0 fully saturated rings. The number of unbranched alkanes of at least 4 members (excludes halogenated alkanes) is 1. The van der Waals surface area contributed by atoms with E-state index < -0.39 is 15.8 Å². The molecule has 0 heterocycles. The summed E-state index contributed by atoms with van der Waals surface area (Å²) in [6.45, 7) is 5.86. The van der Waals surface area contributed by atoms with E-state index in [1.54, 1.807) is 0 Å². The first-order valence-electron chi connectivity index (χ1n) is 4.53. The van der Waals surface area contributed by atoms with Crippen molar-refractivity contribution in [2.24, 2.45) is 0 Å². The first-order chi connectivity index (χ1) is 5.95. The van der Waals surface area contributed by atoms with Crippen molar-refractivity contribution in [2.75, 3.05) is 6.61 Å². The Labute approximate surface area is 86.5 Å². The van der Waals surface area contributed by atoms with Gasteiger partial charge in [0.1, 0.15) is 0 Å². The molecule has 0 aliphatic heterocycles. The van der Waals surface area contributed by atoms with Gasteiger partial charge in [0.15, 0.2) is 0 Å². The Kier molecular flexibility index (Phi) is 6.44. The Morgan fingerprint density at radius 3 is 2.46 bits per heavy atom. The minimum atomic E-state index is -0.617. The van der Waals surface area contributed by atoms with Crippen LogP contribution >= 0.6 is 0 Å². The molecule has 0 aromatic heterocycles. The third kappa shape index (κ3) is 9.91. The van der Waals surface area contributed by atoms with Crippen LogP contribution in [0.2, 0.25) is 5.21 Å². The third-order valence-electron chi connectivity index (χ3n) is 1.25. The van der Waals surface area contributed by atoms with Crippen molar-refractivity contribution in [3.8, 4) is 0 Å². The molecule has 0 aromatic carbocycles. The third-order valence-corrected chi connectivity index (χ3v) is 3.34. The molecule has 0 saturated carbocycles. The Balaban J connectivity index is 3.41. The van der Waals surface area contributed by atoms with Gasteiger partial charge in [-0.15, -0.1) is 0 Å². The first kappa shape index (κ1) is 13.0. The maximum atomic E-state index is 11.2. The molecule has 0 rings (SSSR count). The molecular formula is C9H19AsO3. The van der Waals surface area contributed by atoms with Crippen molar-refractivity contribution >= 4 is 20.5 Å². The summed E-state index contributed by atoms with van der Waals surface area (Å²) in [5, 5.41) is 9.44. The zero-order valence-electron chi connectivity index (χ0n) is 8.59. The van der Waals surface area contributed by atoms with Crippen molar-refractivity contribution in [2.45, 2.75) is 44.4 Å². The molecule has 4 heteroatoms. The van der Waals surface area contributed by atoms with Crippen LogP contribution in [0.1, 0.15) is 33.6 Å². The van der Waals surface area contributed by atoms with Gasteiger partial charge < -0.3 is 0 Å². The fourth-order valence-corrected chi connectivity index (χ4v) is 2.86. The summed E-state index contributed by atoms with van der Waals surface area (Å²) in [4.78, 5) is 11.2. The molecule has 1 N–H and O–H groups in total. The molecule has 0 bridgehead atoms. The fourth-order valence-electron chi connectivity index (χ4n) is 0.741. The molecule has 0 aliphatic carbocycles. The van der Waals surface area contributed by atoms with Crippen LogP contribution in [0.15, 0.2) is 0 Å². The quantitative estimate of drug-likeness (QED) is 0.594. The average molecular weight is 250 g/mol. The normalized spacial score (nSPS) is 12.3. The van der Waals surface area contributed by atoms with E-state index in [1.807, 2.05) is 20.8 Å². The van der Waals surface area contributed by atoms with Crippen LogP contribution in [0.4, 0.5) is 4.79 Å². The van der Waals surface area contributed by atoms with E-state index in [2.05, 4.69) is 0 Å². The summed E-state index contributed by atoms with van der Waals surface area (Å²) in [7, 11) is 0. The van der Waals surface area contributed by atoms with E-state index in [9.17, 15) is 4.79 Å². The first-order valence-corrected chi connectivity index (χ1v) is 7.06. The second kappa shape index (κ2) is 6.44. The Bertz CT molecular complexity index is 151. The van der Waals surface area contributed by atoms with Gasteiger partial charge >= 0.3 is 86.2 Å². The second-order valence-electron chi connectivity index (χ2n) is 3.86. The number of hydrogen-bond donors (Lipinski definition) is 1. The molecule has 3 nitrogen and oxygen atoms in total.